The lowest BCUT2D eigenvalue weighted by molar-refractivity contribution is -0.160. The van der Waals surface area contributed by atoms with Gasteiger partial charge in [-0.3, -0.25) is 4.79 Å². The van der Waals surface area contributed by atoms with Crippen LogP contribution in [0.1, 0.15) is 62.1 Å². The Morgan fingerprint density at radius 3 is 2.37 bits per heavy atom. The Morgan fingerprint density at radius 1 is 1.09 bits per heavy atom. The molecule has 0 aromatic heterocycles. The maximum atomic E-state index is 15.0. The van der Waals surface area contributed by atoms with Crippen molar-refractivity contribution in [2.24, 2.45) is 5.41 Å². The van der Waals surface area contributed by atoms with Crippen LogP contribution in [0.5, 0.6) is 0 Å². The number of halogens is 2. The van der Waals surface area contributed by atoms with Crippen molar-refractivity contribution in [3.8, 4) is 0 Å². The highest BCUT2D eigenvalue weighted by molar-refractivity contribution is 8.32. The van der Waals surface area contributed by atoms with Gasteiger partial charge >= 0.3 is 0 Å². The molecule has 0 unspecified atom stereocenters. The van der Waals surface area contributed by atoms with E-state index >= 15 is 0 Å². The highest BCUT2D eigenvalue weighted by Crippen LogP contribution is 2.52. The van der Waals surface area contributed by atoms with Crippen LogP contribution in [0.2, 0.25) is 10.0 Å². The molecule has 1 saturated heterocycles. The number of nitrogens with zero attached hydrogens (tertiary/aromatic N) is 1. The van der Waals surface area contributed by atoms with Crippen LogP contribution in [0.15, 0.2) is 61.2 Å². The Bertz CT molecular complexity index is 1380. The molecule has 0 spiro atoms. The normalized spacial score (nSPS) is 24.1. The lowest BCUT2D eigenvalue weighted by Gasteiger charge is -2.53. The van der Waals surface area contributed by atoms with Crippen molar-refractivity contribution in [2.75, 3.05) is 44.3 Å². The second-order valence-corrected chi connectivity index (χ2v) is 20.4. The van der Waals surface area contributed by atoms with E-state index in [1.165, 1.54) is 0 Å². The van der Waals surface area contributed by atoms with E-state index in [9.17, 15) is 13.2 Å². The fourth-order valence-electron chi connectivity index (χ4n) is 6.05. The third-order valence-corrected chi connectivity index (χ3v) is 12.4. The Labute approximate surface area is 269 Å². The van der Waals surface area contributed by atoms with Crippen LogP contribution in [0.25, 0.3) is 0 Å². The molecule has 10 heteroatoms. The zero-order valence-corrected chi connectivity index (χ0v) is 28.9. The molecule has 1 saturated carbocycles. The number of nitrogens with one attached hydrogen (secondary N) is 1. The summed E-state index contributed by atoms with van der Waals surface area (Å²) < 4.78 is 35.0. The van der Waals surface area contributed by atoms with Crippen molar-refractivity contribution in [1.29, 1.82) is 0 Å². The van der Waals surface area contributed by atoms with Crippen LogP contribution >= 0.6 is 33.2 Å². The molecule has 43 heavy (non-hydrogen) atoms. The number of hydrogen-bond donors (Lipinski definition) is 1. The van der Waals surface area contributed by atoms with Gasteiger partial charge in [0.1, 0.15) is 0 Å². The van der Waals surface area contributed by atoms with Gasteiger partial charge < -0.3 is 9.64 Å². The van der Waals surface area contributed by atoms with E-state index in [4.69, 9.17) is 27.9 Å². The van der Waals surface area contributed by atoms with Crippen molar-refractivity contribution in [1.82, 2.24) is 9.62 Å². The maximum Gasteiger partial charge on any atom is 0.232 e. The number of ether oxygens (including phenoxy) is 1. The third kappa shape index (κ3) is 8.59. The highest BCUT2D eigenvalue weighted by Gasteiger charge is 2.53. The molecule has 1 N–H and O–H groups in total. The van der Waals surface area contributed by atoms with Crippen molar-refractivity contribution in [3.63, 3.8) is 0 Å². The van der Waals surface area contributed by atoms with Crippen LogP contribution < -0.4 is 4.72 Å². The summed E-state index contributed by atoms with van der Waals surface area (Å²) in [6, 6.07) is 14.7. The molecular weight excluding hydrogens is 623 g/mol. The fraction of sp³-hybridized carbons (Fsp3) is 0.545. The Morgan fingerprint density at radius 2 is 1.79 bits per heavy atom. The van der Waals surface area contributed by atoms with Crippen molar-refractivity contribution < 1.29 is 17.9 Å². The molecule has 1 aliphatic carbocycles. The van der Waals surface area contributed by atoms with E-state index in [0.29, 0.717) is 48.8 Å². The molecule has 1 aliphatic heterocycles. The predicted octanol–water partition coefficient (Wildman–Crippen LogP) is 7.18. The van der Waals surface area contributed by atoms with Gasteiger partial charge in [-0.1, -0.05) is 60.5 Å². The number of benzene rings is 2. The molecule has 2 aromatic rings. The summed E-state index contributed by atoms with van der Waals surface area (Å²) in [6.45, 7) is 7.02. The summed E-state index contributed by atoms with van der Waals surface area (Å²) in [5.41, 5.74) is 1.09. The lowest BCUT2D eigenvalue weighted by atomic mass is 9.66. The Kier molecular flexibility index (Phi) is 11.4. The molecule has 2 fully saturated rings. The molecule has 0 radical (unpaired) electrons. The topological polar surface area (TPSA) is 75.7 Å². The largest absolute Gasteiger partial charge is 0.380 e. The highest BCUT2D eigenvalue weighted by atomic mass is 35.5. The summed E-state index contributed by atoms with van der Waals surface area (Å²) >= 11 is 12.8. The first-order valence-electron chi connectivity index (χ1n) is 15.0. The van der Waals surface area contributed by atoms with Gasteiger partial charge in [-0.2, -0.15) is 0 Å². The molecule has 2 aromatic carbocycles. The number of piperidine rings is 1. The summed E-state index contributed by atoms with van der Waals surface area (Å²) in [5, 5.41) is 0.890. The minimum Gasteiger partial charge on any atom is -0.380 e. The number of hydrogen-bond acceptors (Lipinski definition) is 4. The standard InChI is InChI=1S/C33H46Cl2N2O4S2/c1-6-17-33(23-41-18-19-42(3,4)5)21-30(25-9-8-10-27(35)20-25)31(24-11-13-26(34)14-12-24)37(32(33)38)28(7-2)22-36-43(39,40)29-15-16-29/h6,8-14,20,28-31,36H,1,7,15-19,21-23H2,2-5H3/t28-,30+,31+,33-/m0/s1. The second kappa shape index (κ2) is 14.3. The van der Waals surface area contributed by atoms with Crippen LogP contribution in [0.4, 0.5) is 0 Å². The molecule has 4 atom stereocenters. The molecule has 2 aliphatic rings. The van der Waals surface area contributed by atoms with E-state index < -0.39 is 25.5 Å². The summed E-state index contributed by atoms with van der Waals surface area (Å²) in [4.78, 5) is 16.9. The molecule has 1 amide bonds. The number of sulfonamides is 1. The van der Waals surface area contributed by atoms with Gasteiger partial charge in [0.2, 0.25) is 15.9 Å². The van der Waals surface area contributed by atoms with Gasteiger partial charge in [0.25, 0.3) is 0 Å². The van der Waals surface area contributed by atoms with E-state index in [1.807, 2.05) is 60.4 Å². The smallest absolute Gasteiger partial charge is 0.232 e. The van der Waals surface area contributed by atoms with Crippen LogP contribution in [-0.4, -0.2) is 74.8 Å². The van der Waals surface area contributed by atoms with Crippen molar-refractivity contribution in [3.05, 3.63) is 82.4 Å². The van der Waals surface area contributed by atoms with E-state index in [0.717, 1.165) is 16.9 Å². The van der Waals surface area contributed by atoms with Gasteiger partial charge in [0, 0.05) is 34.3 Å². The minimum absolute atomic E-state index is 0.0359. The number of carbonyl (C=O) groups is 1. The second-order valence-electron chi connectivity index (χ2n) is 12.8. The number of allylic oxidation sites excluding steroid dienone is 1. The first-order chi connectivity index (χ1) is 20.3. The van der Waals surface area contributed by atoms with Crippen LogP contribution in [0, 0.1) is 5.41 Å². The zero-order chi connectivity index (χ0) is 31.4. The van der Waals surface area contributed by atoms with E-state index in [2.05, 4.69) is 36.1 Å². The first-order valence-corrected chi connectivity index (χ1v) is 20.3. The summed E-state index contributed by atoms with van der Waals surface area (Å²) in [5.74, 6) is 0.774. The molecule has 0 bridgehead atoms. The molecule has 238 valence electrons. The summed E-state index contributed by atoms with van der Waals surface area (Å²) in [6.07, 6.45) is 11.5. The zero-order valence-electron chi connectivity index (χ0n) is 25.7. The van der Waals surface area contributed by atoms with Crippen molar-refractivity contribution >= 4 is 49.2 Å². The van der Waals surface area contributed by atoms with Gasteiger partial charge in [0.05, 0.1) is 29.9 Å². The van der Waals surface area contributed by atoms with E-state index in [1.54, 1.807) is 0 Å². The first kappa shape index (κ1) is 34.3. The quantitative estimate of drug-likeness (QED) is 0.161. The maximum absolute atomic E-state index is 15.0. The molecular formula is C33H46Cl2N2O4S2. The number of likely N-dealkylation sites (tertiary alicyclic amines) is 1. The average molecular weight is 670 g/mol. The molecule has 1 heterocycles. The Hall–Kier alpha value is -1.55. The van der Waals surface area contributed by atoms with Gasteiger partial charge in [-0.25, -0.2) is 23.2 Å². The number of carbonyl (C=O) groups excluding carboxylic acids is 1. The van der Waals surface area contributed by atoms with E-state index in [-0.39, 0.29) is 42.3 Å². The van der Waals surface area contributed by atoms with Gasteiger partial charge in [-0.05, 0) is 86.3 Å². The SMILES string of the molecule is C=CC[C@@]1(COCCS(C)(C)C)C[C@H](c2cccc(Cl)c2)[C@@H](c2ccc(Cl)cc2)N([C@@H](CC)CNS(=O)(=O)C2CC2)C1=O. The van der Waals surface area contributed by atoms with Crippen LogP contribution in [0.3, 0.4) is 0 Å². The van der Waals surface area contributed by atoms with Gasteiger partial charge in [-0.15, -0.1) is 6.58 Å². The monoisotopic (exact) mass is 668 g/mol. The minimum atomic E-state index is -3.44. The average Bonchev–Trinajstić information content (AvgIpc) is 3.80. The molecule has 6 nitrogen and oxygen atoms in total. The fourth-order valence-corrected chi connectivity index (χ4v) is 8.41. The molecule has 4 rings (SSSR count). The summed E-state index contributed by atoms with van der Waals surface area (Å²) in [7, 11) is -4.20. The van der Waals surface area contributed by atoms with Crippen LogP contribution in [-0.2, 0) is 19.6 Å². The van der Waals surface area contributed by atoms with Crippen molar-refractivity contribution in [2.45, 2.75) is 62.3 Å². The lowest BCUT2D eigenvalue weighted by Crippen LogP contribution is -2.59. The third-order valence-electron chi connectivity index (χ3n) is 8.57. The van der Waals surface area contributed by atoms with Gasteiger partial charge in [0.15, 0.2) is 0 Å². The number of rotatable bonds is 15. The Balaban J connectivity index is 1.82. The number of amides is 1. The predicted molar refractivity (Wildman–Crippen MR) is 182 cm³/mol.